The molecule has 1 aliphatic heterocycles. The number of allylic oxidation sites excluding steroid dienone is 4. The van der Waals surface area contributed by atoms with Gasteiger partial charge in [0.2, 0.25) is 0 Å². The first kappa shape index (κ1) is 15.9. The van der Waals surface area contributed by atoms with Gasteiger partial charge in [-0.1, -0.05) is 12.2 Å². The van der Waals surface area contributed by atoms with E-state index in [2.05, 4.69) is 27.5 Å². The molecule has 0 unspecified atom stereocenters. The molecular formula is C11H13AuN3OS. The Kier molecular flexibility index (Phi) is 8.35. The fraction of sp³-hybridized carbons (Fsp3) is 0.0909. The number of H-pyrrole nitrogens is 2. The van der Waals surface area contributed by atoms with Crippen molar-refractivity contribution in [3.05, 3.63) is 63.6 Å². The second-order valence-electron chi connectivity index (χ2n) is 3.02. The first-order valence-corrected chi connectivity index (χ1v) is 5.14. The third-order valence-electron chi connectivity index (χ3n) is 1.72. The molecule has 17 heavy (non-hydrogen) atoms. The number of nitrogens with one attached hydrogen (secondary N) is 3. The van der Waals surface area contributed by atoms with Crippen LogP contribution >= 0.6 is 12.2 Å². The Labute approximate surface area is 120 Å². The van der Waals surface area contributed by atoms with Crippen molar-refractivity contribution >= 4 is 12.2 Å². The van der Waals surface area contributed by atoms with E-state index >= 15 is 0 Å². The number of hydrogen-bond donors (Lipinski definition) is 3. The molecule has 1 aliphatic rings. The van der Waals surface area contributed by atoms with Crippen LogP contribution in [0, 0.1) is 11.7 Å². The maximum atomic E-state index is 10.7. The Morgan fingerprint density at radius 1 is 1.12 bits per heavy atom. The Bertz CT molecular complexity index is 514. The number of rotatable bonds is 0. The average molecular weight is 432 g/mol. The summed E-state index contributed by atoms with van der Waals surface area (Å²) in [6, 6.07) is 0. The molecule has 2 rings (SSSR count). The fourth-order valence-corrected chi connectivity index (χ4v) is 1.03. The van der Waals surface area contributed by atoms with Gasteiger partial charge in [-0.2, -0.15) is 0 Å². The van der Waals surface area contributed by atoms with Gasteiger partial charge in [-0.3, -0.25) is 9.78 Å². The number of aromatic amines is 2. The van der Waals surface area contributed by atoms with Crippen LogP contribution in [0.15, 0.2) is 47.7 Å². The molecule has 4 nitrogen and oxygen atoms in total. The molecule has 6 heteroatoms. The predicted molar refractivity (Wildman–Crippen MR) is 67.5 cm³/mol. The van der Waals surface area contributed by atoms with Crippen LogP contribution in [0.5, 0.6) is 0 Å². The summed E-state index contributed by atoms with van der Waals surface area (Å²) < 4.78 is 0.366. The Morgan fingerprint density at radius 3 is 2.18 bits per heavy atom. The van der Waals surface area contributed by atoms with E-state index in [1.807, 2.05) is 36.7 Å². The van der Waals surface area contributed by atoms with E-state index in [4.69, 9.17) is 0 Å². The van der Waals surface area contributed by atoms with Gasteiger partial charge in [0, 0.05) is 46.5 Å². The Hall–Kier alpha value is -1.14. The van der Waals surface area contributed by atoms with Gasteiger partial charge in [0.25, 0.3) is 5.56 Å². The summed E-state index contributed by atoms with van der Waals surface area (Å²) in [6.45, 7) is 1.71. The van der Waals surface area contributed by atoms with Crippen molar-refractivity contribution < 1.29 is 22.4 Å². The quantitative estimate of drug-likeness (QED) is 0.434. The van der Waals surface area contributed by atoms with Gasteiger partial charge < -0.3 is 10.3 Å². The summed E-state index contributed by atoms with van der Waals surface area (Å²) in [6.07, 6.45) is 13.2. The summed E-state index contributed by atoms with van der Waals surface area (Å²) in [5.74, 6) is 0. The molecule has 1 aromatic rings. The van der Waals surface area contributed by atoms with Gasteiger partial charge in [0.05, 0.1) is 0 Å². The molecule has 1 radical (unpaired) electrons. The molecule has 1 aromatic heterocycles. The first-order chi connectivity index (χ1) is 7.70. The van der Waals surface area contributed by atoms with E-state index in [0.717, 1.165) is 0 Å². The van der Waals surface area contributed by atoms with Crippen molar-refractivity contribution in [1.29, 1.82) is 0 Å². The molecule has 0 amide bonds. The second-order valence-corrected chi connectivity index (χ2v) is 3.43. The van der Waals surface area contributed by atoms with Crippen molar-refractivity contribution in [2.45, 2.75) is 6.92 Å². The number of hydrogen-bond acceptors (Lipinski definition) is 3. The van der Waals surface area contributed by atoms with Crippen LogP contribution in [0.2, 0.25) is 0 Å². The van der Waals surface area contributed by atoms with Gasteiger partial charge in [-0.05, 0) is 31.3 Å². The van der Waals surface area contributed by atoms with Crippen molar-refractivity contribution in [3.63, 3.8) is 0 Å². The van der Waals surface area contributed by atoms with Gasteiger partial charge in [0.1, 0.15) is 0 Å². The van der Waals surface area contributed by atoms with Gasteiger partial charge in [-0.15, -0.1) is 0 Å². The third kappa shape index (κ3) is 6.91. The van der Waals surface area contributed by atoms with Gasteiger partial charge in [-0.25, -0.2) is 0 Å². The van der Waals surface area contributed by atoms with Gasteiger partial charge >= 0.3 is 0 Å². The van der Waals surface area contributed by atoms with Crippen molar-refractivity contribution in [3.8, 4) is 0 Å². The first-order valence-electron chi connectivity index (χ1n) is 4.73. The molecule has 0 aromatic carbocycles. The van der Waals surface area contributed by atoms with Crippen LogP contribution < -0.4 is 10.9 Å². The van der Waals surface area contributed by atoms with E-state index in [1.54, 1.807) is 13.1 Å². The molecule has 0 atom stereocenters. The minimum absolute atomic E-state index is 0. The summed E-state index contributed by atoms with van der Waals surface area (Å²) >= 11 is 4.65. The van der Waals surface area contributed by atoms with Gasteiger partial charge in [0.15, 0.2) is 4.77 Å². The topological polar surface area (TPSA) is 60.7 Å². The molecule has 2 heterocycles. The minimum Gasteiger partial charge on any atom is -0.368 e. The maximum Gasteiger partial charge on any atom is 0.254 e. The molecule has 0 saturated carbocycles. The smallest absolute Gasteiger partial charge is 0.254 e. The van der Waals surface area contributed by atoms with Crippen LogP contribution in [0.3, 0.4) is 0 Å². The van der Waals surface area contributed by atoms with Crippen molar-refractivity contribution in [2.75, 3.05) is 0 Å². The average Bonchev–Trinajstić information content (AvgIpc) is 2.56. The predicted octanol–water partition coefficient (Wildman–Crippen LogP) is 1.91. The standard InChI is InChI=1S/C6H7N.C5H6N2OS.Au/c1-2-4-6-7-5-3-1;1-3-2-6-5(9)7-4(3)8;/h1-7H;2H,1H3,(H2,6,7,8,9);. The summed E-state index contributed by atoms with van der Waals surface area (Å²) in [5, 5.41) is 2.92. The maximum absolute atomic E-state index is 10.7. The summed E-state index contributed by atoms with van der Waals surface area (Å²) in [7, 11) is 0. The minimum atomic E-state index is -0.126. The molecular weight excluding hydrogens is 419 g/mol. The van der Waals surface area contributed by atoms with Crippen LogP contribution in [0.4, 0.5) is 0 Å². The number of aromatic nitrogens is 2. The van der Waals surface area contributed by atoms with E-state index in [0.29, 0.717) is 10.3 Å². The number of aryl methyl sites for hydroxylation is 1. The zero-order chi connectivity index (χ0) is 11.8. The summed E-state index contributed by atoms with van der Waals surface area (Å²) in [4.78, 5) is 15.8. The van der Waals surface area contributed by atoms with Crippen molar-refractivity contribution in [1.82, 2.24) is 15.3 Å². The van der Waals surface area contributed by atoms with Crippen LogP contribution in [0.1, 0.15) is 5.56 Å². The normalized spacial score (nSPS) is 11.6. The zero-order valence-electron chi connectivity index (χ0n) is 9.16. The zero-order valence-corrected chi connectivity index (χ0v) is 12.1. The molecule has 95 valence electrons. The van der Waals surface area contributed by atoms with E-state index in [9.17, 15) is 4.79 Å². The SMILES string of the molecule is C1=CC=CNC=C1.Cc1c[nH]c(=S)[nH]c1=O.[Au]. The second kappa shape index (κ2) is 8.95. The van der Waals surface area contributed by atoms with E-state index in [-0.39, 0.29) is 27.9 Å². The van der Waals surface area contributed by atoms with Crippen LogP contribution in [-0.4, -0.2) is 9.97 Å². The van der Waals surface area contributed by atoms with E-state index < -0.39 is 0 Å². The largest absolute Gasteiger partial charge is 0.368 e. The molecule has 0 fully saturated rings. The summed E-state index contributed by atoms with van der Waals surface area (Å²) in [5.41, 5.74) is 0.516. The molecule has 3 N–H and O–H groups in total. The fourth-order valence-electron chi connectivity index (χ4n) is 0.883. The molecule has 0 aliphatic carbocycles. The molecule has 0 spiro atoms. The Balaban J connectivity index is 0.000000292. The van der Waals surface area contributed by atoms with Crippen LogP contribution in [0.25, 0.3) is 0 Å². The third-order valence-corrected chi connectivity index (χ3v) is 1.94. The monoisotopic (exact) mass is 432 g/mol. The van der Waals surface area contributed by atoms with Crippen LogP contribution in [-0.2, 0) is 22.4 Å². The molecule has 0 saturated heterocycles. The Morgan fingerprint density at radius 2 is 1.71 bits per heavy atom. The van der Waals surface area contributed by atoms with E-state index in [1.165, 1.54) is 0 Å². The van der Waals surface area contributed by atoms with Crippen molar-refractivity contribution in [2.24, 2.45) is 0 Å². The molecule has 0 bridgehead atoms.